The minimum Gasteiger partial charge on any atom is -0.338 e. The standard InChI is InChI=1S/C10H13BrN2O2/c1-7(5-11)13(2)10(15)8-3-4-9(14)12-6-8/h3-4,6-7H,5H2,1-2H3,(H,12,14). The van der Waals surface area contributed by atoms with Crippen molar-refractivity contribution in [2.75, 3.05) is 12.4 Å². The Balaban J connectivity index is 2.85. The van der Waals surface area contributed by atoms with E-state index in [-0.39, 0.29) is 17.5 Å². The molecule has 1 unspecified atom stereocenters. The molecule has 0 aliphatic heterocycles. The minimum atomic E-state index is -0.206. The summed E-state index contributed by atoms with van der Waals surface area (Å²) in [5.41, 5.74) is 0.285. The molecule has 5 heteroatoms. The quantitative estimate of drug-likeness (QED) is 0.842. The molecular formula is C10H13BrN2O2. The molecule has 0 fully saturated rings. The molecule has 0 aliphatic rings. The number of carbonyl (C=O) groups is 1. The lowest BCUT2D eigenvalue weighted by atomic mass is 10.2. The number of hydrogen-bond acceptors (Lipinski definition) is 2. The molecule has 0 aliphatic carbocycles. The summed E-state index contributed by atoms with van der Waals surface area (Å²) in [6.07, 6.45) is 1.43. The second kappa shape index (κ2) is 5.11. The third-order valence-electron chi connectivity index (χ3n) is 2.24. The summed E-state index contributed by atoms with van der Waals surface area (Å²) in [6.45, 7) is 1.94. The van der Waals surface area contributed by atoms with Gasteiger partial charge in [-0.3, -0.25) is 9.59 Å². The summed E-state index contributed by atoms with van der Waals surface area (Å²) in [4.78, 5) is 26.8. The lowest BCUT2D eigenvalue weighted by molar-refractivity contribution is 0.0757. The van der Waals surface area contributed by atoms with E-state index in [0.717, 1.165) is 5.33 Å². The maximum atomic E-state index is 11.8. The molecule has 0 saturated carbocycles. The molecule has 1 rings (SSSR count). The third kappa shape index (κ3) is 2.92. The van der Waals surface area contributed by atoms with Gasteiger partial charge in [0.1, 0.15) is 0 Å². The van der Waals surface area contributed by atoms with Crippen LogP contribution >= 0.6 is 15.9 Å². The summed E-state index contributed by atoms with van der Waals surface area (Å²) in [5, 5.41) is 0.721. The number of rotatable bonds is 3. The molecule has 1 N–H and O–H groups in total. The summed E-state index contributed by atoms with van der Waals surface area (Å²) in [6, 6.07) is 2.99. The second-order valence-electron chi connectivity index (χ2n) is 3.36. The fourth-order valence-corrected chi connectivity index (χ4v) is 1.49. The highest BCUT2D eigenvalue weighted by Gasteiger charge is 2.16. The number of carbonyl (C=O) groups excluding carboxylic acids is 1. The van der Waals surface area contributed by atoms with Crippen LogP contribution in [0.2, 0.25) is 0 Å². The summed E-state index contributed by atoms with van der Waals surface area (Å²) in [7, 11) is 1.74. The van der Waals surface area contributed by atoms with E-state index in [4.69, 9.17) is 0 Å². The van der Waals surface area contributed by atoms with Gasteiger partial charge in [-0.1, -0.05) is 15.9 Å². The number of alkyl halides is 1. The van der Waals surface area contributed by atoms with Crippen LogP contribution in [-0.2, 0) is 0 Å². The van der Waals surface area contributed by atoms with Crippen LogP contribution < -0.4 is 5.56 Å². The molecule has 0 radical (unpaired) electrons. The first-order chi connectivity index (χ1) is 7.06. The topological polar surface area (TPSA) is 53.2 Å². The van der Waals surface area contributed by atoms with E-state index in [1.54, 1.807) is 11.9 Å². The zero-order valence-electron chi connectivity index (χ0n) is 8.66. The largest absolute Gasteiger partial charge is 0.338 e. The van der Waals surface area contributed by atoms with Crippen molar-refractivity contribution < 1.29 is 4.79 Å². The predicted octanol–water partition coefficient (Wildman–Crippen LogP) is 1.23. The van der Waals surface area contributed by atoms with Crippen LogP contribution in [0.4, 0.5) is 0 Å². The number of aromatic nitrogens is 1. The molecule has 1 aromatic heterocycles. The number of nitrogens with zero attached hydrogens (tertiary/aromatic N) is 1. The summed E-state index contributed by atoms with van der Waals surface area (Å²) >= 11 is 3.32. The van der Waals surface area contributed by atoms with Crippen molar-refractivity contribution in [3.63, 3.8) is 0 Å². The predicted molar refractivity (Wildman–Crippen MR) is 62.4 cm³/mol. The van der Waals surface area contributed by atoms with Gasteiger partial charge in [0.15, 0.2) is 0 Å². The number of aromatic amines is 1. The van der Waals surface area contributed by atoms with Gasteiger partial charge in [0.05, 0.1) is 5.56 Å². The van der Waals surface area contributed by atoms with Crippen molar-refractivity contribution in [3.8, 4) is 0 Å². The van der Waals surface area contributed by atoms with Crippen molar-refractivity contribution >= 4 is 21.8 Å². The highest BCUT2D eigenvalue weighted by atomic mass is 79.9. The fraction of sp³-hybridized carbons (Fsp3) is 0.400. The zero-order chi connectivity index (χ0) is 11.4. The van der Waals surface area contributed by atoms with E-state index in [1.807, 2.05) is 6.92 Å². The Morgan fingerprint density at radius 1 is 1.60 bits per heavy atom. The third-order valence-corrected chi connectivity index (χ3v) is 3.17. The SMILES string of the molecule is CC(CBr)N(C)C(=O)c1ccc(=O)[nH]c1. The normalized spacial score (nSPS) is 12.2. The highest BCUT2D eigenvalue weighted by molar-refractivity contribution is 9.09. The van der Waals surface area contributed by atoms with Crippen molar-refractivity contribution in [1.29, 1.82) is 0 Å². The van der Waals surface area contributed by atoms with Gasteiger partial charge < -0.3 is 9.88 Å². The number of amides is 1. The summed E-state index contributed by atoms with van der Waals surface area (Å²) in [5.74, 6) is -0.0989. The first-order valence-corrected chi connectivity index (χ1v) is 5.70. The first kappa shape index (κ1) is 12.0. The molecule has 1 atom stereocenters. The molecule has 1 amide bonds. The number of pyridine rings is 1. The molecular weight excluding hydrogens is 260 g/mol. The van der Waals surface area contributed by atoms with Crippen LogP contribution in [0, 0.1) is 0 Å². The van der Waals surface area contributed by atoms with Gasteiger partial charge in [0.2, 0.25) is 5.56 Å². The summed E-state index contributed by atoms with van der Waals surface area (Å²) < 4.78 is 0. The Morgan fingerprint density at radius 3 is 2.73 bits per heavy atom. The molecule has 1 heterocycles. The van der Waals surface area contributed by atoms with Crippen LogP contribution in [0.1, 0.15) is 17.3 Å². The molecule has 82 valence electrons. The fourth-order valence-electron chi connectivity index (χ4n) is 1.05. The average molecular weight is 273 g/mol. The monoisotopic (exact) mass is 272 g/mol. The molecule has 0 bridgehead atoms. The maximum absolute atomic E-state index is 11.8. The number of hydrogen-bond donors (Lipinski definition) is 1. The minimum absolute atomic E-state index is 0.0989. The van der Waals surface area contributed by atoms with Gasteiger partial charge in [0, 0.05) is 30.7 Å². The van der Waals surface area contributed by atoms with Crippen molar-refractivity contribution in [3.05, 3.63) is 34.2 Å². The second-order valence-corrected chi connectivity index (χ2v) is 4.01. The molecule has 0 saturated heterocycles. The Labute approximate surface area is 96.4 Å². The van der Waals surface area contributed by atoms with Crippen LogP contribution in [0.15, 0.2) is 23.1 Å². The van der Waals surface area contributed by atoms with E-state index in [1.165, 1.54) is 18.3 Å². The molecule has 0 aromatic carbocycles. The Kier molecular flexibility index (Phi) is 4.08. The van der Waals surface area contributed by atoms with E-state index >= 15 is 0 Å². The van der Waals surface area contributed by atoms with Crippen molar-refractivity contribution in [2.24, 2.45) is 0 Å². The Morgan fingerprint density at radius 2 is 2.27 bits per heavy atom. The lowest BCUT2D eigenvalue weighted by Crippen LogP contribution is -2.36. The number of nitrogens with one attached hydrogen (secondary N) is 1. The van der Waals surface area contributed by atoms with Crippen molar-refractivity contribution in [2.45, 2.75) is 13.0 Å². The van der Waals surface area contributed by atoms with Gasteiger partial charge >= 0.3 is 0 Å². The molecule has 4 nitrogen and oxygen atoms in total. The maximum Gasteiger partial charge on any atom is 0.255 e. The average Bonchev–Trinajstić information content (AvgIpc) is 2.27. The Hall–Kier alpha value is -1.10. The molecule has 15 heavy (non-hydrogen) atoms. The van der Waals surface area contributed by atoms with Crippen LogP contribution in [-0.4, -0.2) is 34.2 Å². The van der Waals surface area contributed by atoms with Crippen LogP contribution in [0.25, 0.3) is 0 Å². The van der Waals surface area contributed by atoms with E-state index < -0.39 is 0 Å². The molecule has 1 aromatic rings. The van der Waals surface area contributed by atoms with E-state index in [0.29, 0.717) is 5.56 Å². The van der Waals surface area contributed by atoms with Crippen molar-refractivity contribution in [1.82, 2.24) is 9.88 Å². The Bertz CT molecular complexity index is 382. The van der Waals surface area contributed by atoms with Gasteiger partial charge in [-0.2, -0.15) is 0 Å². The van der Waals surface area contributed by atoms with Gasteiger partial charge in [-0.05, 0) is 13.0 Å². The smallest absolute Gasteiger partial charge is 0.255 e. The lowest BCUT2D eigenvalue weighted by Gasteiger charge is -2.22. The van der Waals surface area contributed by atoms with Gasteiger partial charge in [-0.15, -0.1) is 0 Å². The van der Waals surface area contributed by atoms with E-state index in [2.05, 4.69) is 20.9 Å². The van der Waals surface area contributed by atoms with E-state index in [9.17, 15) is 9.59 Å². The zero-order valence-corrected chi connectivity index (χ0v) is 10.2. The van der Waals surface area contributed by atoms with Gasteiger partial charge in [0.25, 0.3) is 5.91 Å². The molecule has 0 spiro atoms. The first-order valence-electron chi connectivity index (χ1n) is 4.58. The van der Waals surface area contributed by atoms with Crippen LogP contribution in [0.3, 0.4) is 0 Å². The van der Waals surface area contributed by atoms with Crippen LogP contribution in [0.5, 0.6) is 0 Å². The number of halogens is 1. The van der Waals surface area contributed by atoms with Gasteiger partial charge in [-0.25, -0.2) is 0 Å². The highest BCUT2D eigenvalue weighted by Crippen LogP contribution is 2.05. The number of H-pyrrole nitrogens is 1.